The van der Waals surface area contributed by atoms with E-state index in [9.17, 15) is 0 Å². The first-order chi connectivity index (χ1) is 7.20. The van der Waals surface area contributed by atoms with Crippen molar-refractivity contribution < 1.29 is 0 Å². The van der Waals surface area contributed by atoms with Gasteiger partial charge >= 0.3 is 0 Å². The van der Waals surface area contributed by atoms with Crippen LogP contribution in [0.3, 0.4) is 0 Å². The molecule has 0 radical (unpaired) electrons. The molecule has 0 aromatic carbocycles. The van der Waals surface area contributed by atoms with Crippen LogP contribution in [0.25, 0.3) is 0 Å². The first-order valence-electron chi connectivity index (χ1n) is 5.56. The summed E-state index contributed by atoms with van der Waals surface area (Å²) in [6, 6.07) is 1.92. The highest BCUT2D eigenvalue weighted by molar-refractivity contribution is 5.36. The van der Waals surface area contributed by atoms with Gasteiger partial charge in [-0.1, -0.05) is 20.3 Å². The Morgan fingerprint density at radius 2 is 2.13 bits per heavy atom. The van der Waals surface area contributed by atoms with Gasteiger partial charge in [0, 0.05) is 17.7 Å². The van der Waals surface area contributed by atoms with Crippen LogP contribution >= 0.6 is 0 Å². The summed E-state index contributed by atoms with van der Waals surface area (Å²) >= 11 is 0. The van der Waals surface area contributed by atoms with Gasteiger partial charge in [-0.2, -0.15) is 0 Å². The van der Waals surface area contributed by atoms with Crippen LogP contribution in [0.15, 0.2) is 6.07 Å². The lowest BCUT2D eigenvalue weighted by Gasteiger charge is -2.24. The summed E-state index contributed by atoms with van der Waals surface area (Å²) in [4.78, 5) is 9.01. The predicted octanol–water partition coefficient (Wildman–Crippen LogP) is 2.15. The molecule has 2 rings (SSSR count). The highest BCUT2D eigenvalue weighted by atomic mass is 15.3. The van der Waals surface area contributed by atoms with Crippen molar-refractivity contribution in [1.82, 2.24) is 9.97 Å². The summed E-state index contributed by atoms with van der Waals surface area (Å²) in [6.07, 6.45) is 3.72. The van der Waals surface area contributed by atoms with Gasteiger partial charge in [-0.3, -0.25) is 0 Å². The lowest BCUT2D eigenvalue weighted by Crippen LogP contribution is -2.17. The molecular weight excluding hydrogens is 188 g/mol. The van der Waals surface area contributed by atoms with Gasteiger partial charge in [0.15, 0.2) is 0 Å². The zero-order valence-corrected chi connectivity index (χ0v) is 9.33. The Bertz CT molecular complexity index is 344. The third-order valence-corrected chi connectivity index (χ3v) is 2.97. The maximum atomic E-state index is 5.41. The molecule has 4 heteroatoms. The third kappa shape index (κ3) is 2.09. The van der Waals surface area contributed by atoms with Gasteiger partial charge in [-0.15, -0.1) is 0 Å². The van der Waals surface area contributed by atoms with Crippen LogP contribution < -0.4 is 11.3 Å². The number of nitrogens with one attached hydrogen (secondary N) is 1. The standard InChI is InChI=1S/C11H18N4/c1-7(2)9-6-10(15-12)14-11(13-9)8-4-3-5-8/h6-8H,3-5,12H2,1-2H3,(H,13,14,15). The van der Waals surface area contributed by atoms with E-state index >= 15 is 0 Å². The van der Waals surface area contributed by atoms with E-state index in [1.54, 1.807) is 0 Å². The fourth-order valence-electron chi connectivity index (χ4n) is 1.70. The highest BCUT2D eigenvalue weighted by Gasteiger charge is 2.23. The molecule has 0 bridgehead atoms. The summed E-state index contributed by atoms with van der Waals surface area (Å²) in [7, 11) is 0. The minimum atomic E-state index is 0.416. The van der Waals surface area contributed by atoms with Crippen molar-refractivity contribution in [3.05, 3.63) is 17.6 Å². The van der Waals surface area contributed by atoms with E-state index in [0.29, 0.717) is 11.8 Å². The summed E-state index contributed by atoms with van der Waals surface area (Å²) in [5, 5.41) is 0. The maximum absolute atomic E-state index is 5.41. The molecule has 1 fully saturated rings. The van der Waals surface area contributed by atoms with Gasteiger partial charge in [0.05, 0.1) is 0 Å². The highest BCUT2D eigenvalue weighted by Crippen LogP contribution is 2.35. The van der Waals surface area contributed by atoms with Gasteiger partial charge in [-0.05, 0) is 18.8 Å². The number of nitrogens with zero attached hydrogens (tertiary/aromatic N) is 2. The molecule has 1 aromatic rings. The van der Waals surface area contributed by atoms with Crippen LogP contribution in [0.1, 0.15) is 56.5 Å². The molecule has 1 saturated carbocycles. The zero-order chi connectivity index (χ0) is 10.8. The number of aromatic nitrogens is 2. The van der Waals surface area contributed by atoms with Gasteiger partial charge in [0.2, 0.25) is 0 Å². The van der Waals surface area contributed by atoms with Crippen molar-refractivity contribution in [2.45, 2.75) is 44.9 Å². The molecule has 1 heterocycles. The first kappa shape index (κ1) is 10.4. The second-order valence-electron chi connectivity index (χ2n) is 4.46. The fourth-order valence-corrected chi connectivity index (χ4v) is 1.70. The molecule has 3 N–H and O–H groups in total. The number of hydrogen-bond donors (Lipinski definition) is 2. The van der Waals surface area contributed by atoms with Crippen molar-refractivity contribution in [2.24, 2.45) is 5.84 Å². The van der Waals surface area contributed by atoms with Crippen molar-refractivity contribution in [1.29, 1.82) is 0 Å². The maximum Gasteiger partial charge on any atom is 0.143 e. The molecule has 0 atom stereocenters. The number of hydrazine groups is 1. The molecule has 4 nitrogen and oxygen atoms in total. The summed E-state index contributed by atoms with van der Waals surface area (Å²) in [5.41, 5.74) is 3.68. The van der Waals surface area contributed by atoms with E-state index in [-0.39, 0.29) is 0 Å². The number of anilines is 1. The molecule has 82 valence electrons. The molecular formula is C11H18N4. The average Bonchev–Trinajstić information content (AvgIpc) is 2.14. The minimum absolute atomic E-state index is 0.416. The summed E-state index contributed by atoms with van der Waals surface area (Å²) < 4.78 is 0. The number of hydrogen-bond acceptors (Lipinski definition) is 4. The van der Waals surface area contributed by atoms with E-state index in [2.05, 4.69) is 29.2 Å². The monoisotopic (exact) mass is 206 g/mol. The van der Waals surface area contributed by atoms with Crippen molar-refractivity contribution >= 4 is 5.82 Å². The Kier molecular flexibility index (Phi) is 2.86. The topological polar surface area (TPSA) is 63.8 Å². The van der Waals surface area contributed by atoms with Gasteiger partial charge in [0.1, 0.15) is 11.6 Å². The number of nitrogen functional groups attached to an aromatic ring is 1. The van der Waals surface area contributed by atoms with Crippen LogP contribution in [0.2, 0.25) is 0 Å². The molecule has 0 amide bonds. The quantitative estimate of drug-likeness (QED) is 0.587. The van der Waals surface area contributed by atoms with E-state index in [0.717, 1.165) is 17.3 Å². The first-order valence-corrected chi connectivity index (χ1v) is 5.56. The van der Waals surface area contributed by atoms with Crippen LogP contribution in [0.4, 0.5) is 5.82 Å². The molecule has 1 aliphatic carbocycles. The van der Waals surface area contributed by atoms with Crippen LogP contribution in [-0.4, -0.2) is 9.97 Å². The molecule has 1 aromatic heterocycles. The summed E-state index contributed by atoms with van der Waals surface area (Å²) in [6.45, 7) is 4.26. The molecule has 0 saturated heterocycles. The van der Waals surface area contributed by atoms with E-state index < -0.39 is 0 Å². The summed E-state index contributed by atoms with van der Waals surface area (Å²) in [5.74, 6) is 8.07. The molecule has 1 aliphatic rings. The van der Waals surface area contributed by atoms with E-state index in [1.807, 2.05) is 6.07 Å². The van der Waals surface area contributed by atoms with Crippen molar-refractivity contribution in [3.63, 3.8) is 0 Å². The van der Waals surface area contributed by atoms with Crippen molar-refractivity contribution in [3.8, 4) is 0 Å². The molecule has 0 spiro atoms. The Balaban J connectivity index is 2.32. The van der Waals surface area contributed by atoms with E-state index in [4.69, 9.17) is 5.84 Å². The second kappa shape index (κ2) is 4.14. The third-order valence-electron chi connectivity index (χ3n) is 2.97. The largest absolute Gasteiger partial charge is 0.308 e. The van der Waals surface area contributed by atoms with Crippen LogP contribution in [-0.2, 0) is 0 Å². The lowest BCUT2D eigenvalue weighted by molar-refractivity contribution is 0.400. The second-order valence-corrected chi connectivity index (χ2v) is 4.46. The predicted molar refractivity (Wildman–Crippen MR) is 60.5 cm³/mol. The number of nitrogens with two attached hydrogens (primary N) is 1. The SMILES string of the molecule is CC(C)c1cc(NN)nc(C2CCC2)n1. The van der Waals surface area contributed by atoms with Crippen LogP contribution in [0.5, 0.6) is 0 Å². The Morgan fingerprint density at radius 1 is 1.40 bits per heavy atom. The van der Waals surface area contributed by atoms with Gasteiger partial charge in [-0.25, -0.2) is 15.8 Å². The molecule has 0 unspecified atom stereocenters. The minimum Gasteiger partial charge on any atom is -0.308 e. The Labute approximate surface area is 90.3 Å². The molecule has 15 heavy (non-hydrogen) atoms. The smallest absolute Gasteiger partial charge is 0.143 e. The average molecular weight is 206 g/mol. The van der Waals surface area contributed by atoms with Gasteiger partial charge < -0.3 is 5.43 Å². The Hall–Kier alpha value is -1.16. The fraction of sp³-hybridized carbons (Fsp3) is 0.636. The van der Waals surface area contributed by atoms with E-state index in [1.165, 1.54) is 19.3 Å². The number of rotatable bonds is 3. The normalized spacial score (nSPS) is 16.5. The van der Waals surface area contributed by atoms with Crippen LogP contribution in [0, 0.1) is 0 Å². The molecule has 0 aliphatic heterocycles. The zero-order valence-electron chi connectivity index (χ0n) is 9.33. The lowest BCUT2D eigenvalue weighted by atomic mass is 9.84. The van der Waals surface area contributed by atoms with Crippen molar-refractivity contribution in [2.75, 3.05) is 5.43 Å². The Morgan fingerprint density at radius 3 is 2.60 bits per heavy atom. The van der Waals surface area contributed by atoms with Gasteiger partial charge in [0.25, 0.3) is 0 Å².